The lowest BCUT2D eigenvalue weighted by Gasteiger charge is -2.06. The Morgan fingerprint density at radius 2 is 1.92 bits per heavy atom. The van der Waals surface area contributed by atoms with Gasteiger partial charge in [0.05, 0.1) is 5.69 Å². The van der Waals surface area contributed by atoms with Gasteiger partial charge in [-0.05, 0) is 25.0 Å². The molecular formula is C20H16N4O2. The highest BCUT2D eigenvalue weighted by Crippen LogP contribution is 2.39. The third-order valence-electron chi connectivity index (χ3n) is 4.56. The zero-order valence-corrected chi connectivity index (χ0v) is 13.9. The van der Waals surface area contributed by atoms with Gasteiger partial charge in [-0.25, -0.2) is 4.98 Å². The van der Waals surface area contributed by atoms with Crippen LogP contribution in [-0.2, 0) is 0 Å². The Hall–Kier alpha value is -3.41. The van der Waals surface area contributed by atoms with E-state index in [0.717, 1.165) is 29.7 Å². The van der Waals surface area contributed by atoms with Crippen LogP contribution in [0.1, 0.15) is 35.0 Å². The highest BCUT2D eigenvalue weighted by molar-refractivity contribution is 6.04. The number of rotatable bonds is 4. The molecular weight excluding hydrogens is 328 g/mol. The maximum absolute atomic E-state index is 12.7. The number of carbonyl (C=O) groups is 1. The number of aromatic nitrogens is 3. The monoisotopic (exact) mass is 344 g/mol. The van der Waals surface area contributed by atoms with Gasteiger partial charge in [0, 0.05) is 23.7 Å². The molecule has 1 saturated carbocycles. The molecule has 1 amide bonds. The number of nitrogens with one attached hydrogen (secondary N) is 1. The van der Waals surface area contributed by atoms with E-state index in [1.807, 2.05) is 59.1 Å². The summed E-state index contributed by atoms with van der Waals surface area (Å²) in [6, 6.07) is 17.2. The van der Waals surface area contributed by atoms with Gasteiger partial charge in [-0.15, -0.1) is 0 Å². The van der Waals surface area contributed by atoms with E-state index in [0.29, 0.717) is 17.4 Å². The van der Waals surface area contributed by atoms with Crippen LogP contribution >= 0.6 is 0 Å². The Balaban J connectivity index is 1.55. The molecule has 3 heterocycles. The van der Waals surface area contributed by atoms with Crippen LogP contribution in [0.3, 0.4) is 0 Å². The van der Waals surface area contributed by atoms with E-state index in [2.05, 4.69) is 15.5 Å². The molecule has 128 valence electrons. The average Bonchev–Trinajstić information content (AvgIpc) is 3.30. The summed E-state index contributed by atoms with van der Waals surface area (Å²) in [5.74, 6) is 0.946. The minimum atomic E-state index is -0.327. The summed E-state index contributed by atoms with van der Waals surface area (Å²) in [6.07, 6.45) is 4.10. The molecule has 0 spiro atoms. The van der Waals surface area contributed by atoms with Gasteiger partial charge >= 0.3 is 0 Å². The van der Waals surface area contributed by atoms with Gasteiger partial charge in [0.2, 0.25) is 5.76 Å². The van der Waals surface area contributed by atoms with Crippen LogP contribution in [0, 0.1) is 0 Å². The minimum Gasteiger partial charge on any atom is -0.351 e. The normalized spacial score (nSPS) is 13.8. The Bertz CT molecular complexity index is 1090. The van der Waals surface area contributed by atoms with Gasteiger partial charge in [-0.3, -0.25) is 9.20 Å². The van der Waals surface area contributed by atoms with E-state index in [1.165, 1.54) is 0 Å². The molecule has 0 radical (unpaired) electrons. The van der Waals surface area contributed by atoms with Gasteiger partial charge in [-0.2, -0.15) is 0 Å². The number of anilines is 1. The van der Waals surface area contributed by atoms with Gasteiger partial charge in [0.15, 0.2) is 0 Å². The molecule has 0 aliphatic heterocycles. The fourth-order valence-corrected chi connectivity index (χ4v) is 3.05. The summed E-state index contributed by atoms with van der Waals surface area (Å²) in [6.45, 7) is 0. The second-order valence-electron chi connectivity index (χ2n) is 6.45. The second kappa shape index (κ2) is 5.84. The van der Waals surface area contributed by atoms with Crippen molar-refractivity contribution in [3.05, 3.63) is 72.2 Å². The Morgan fingerprint density at radius 3 is 2.73 bits per heavy atom. The largest absolute Gasteiger partial charge is 0.351 e. The second-order valence-corrected chi connectivity index (χ2v) is 6.45. The maximum atomic E-state index is 12.7. The molecule has 0 atom stereocenters. The van der Waals surface area contributed by atoms with Gasteiger partial charge in [0.25, 0.3) is 5.91 Å². The fraction of sp³-hybridized carbons (Fsp3) is 0.150. The summed E-state index contributed by atoms with van der Waals surface area (Å²) < 4.78 is 7.10. The lowest BCUT2D eigenvalue weighted by molar-refractivity contribution is 0.0987. The molecule has 1 fully saturated rings. The summed E-state index contributed by atoms with van der Waals surface area (Å²) in [4.78, 5) is 17.4. The molecule has 1 aliphatic rings. The number of hydrogen-bond donors (Lipinski definition) is 1. The van der Waals surface area contributed by atoms with Crippen molar-refractivity contribution in [1.29, 1.82) is 0 Å². The number of hydrogen-bond acceptors (Lipinski definition) is 4. The zero-order chi connectivity index (χ0) is 17.5. The number of benzene rings is 1. The topological polar surface area (TPSA) is 72.4 Å². The molecule has 0 saturated heterocycles. The van der Waals surface area contributed by atoms with E-state index in [4.69, 9.17) is 4.52 Å². The predicted molar refractivity (Wildman–Crippen MR) is 97.1 cm³/mol. The molecule has 1 aromatic carbocycles. The lowest BCUT2D eigenvalue weighted by atomic mass is 10.1. The van der Waals surface area contributed by atoms with Crippen LogP contribution in [0.5, 0.6) is 0 Å². The molecule has 1 aliphatic carbocycles. The quantitative estimate of drug-likeness (QED) is 0.604. The first-order chi connectivity index (χ1) is 12.8. The number of fused-ring (bicyclic) bond motifs is 1. The van der Waals surface area contributed by atoms with Crippen molar-refractivity contribution in [2.45, 2.75) is 18.8 Å². The summed E-state index contributed by atoms with van der Waals surface area (Å²) in [7, 11) is 0. The minimum absolute atomic E-state index is 0.219. The number of imidazole rings is 1. The van der Waals surface area contributed by atoms with Gasteiger partial charge in [-0.1, -0.05) is 41.6 Å². The number of carbonyl (C=O) groups excluding carboxylic acids is 1. The predicted octanol–water partition coefficient (Wildman–Crippen LogP) is 4.12. The van der Waals surface area contributed by atoms with Crippen LogP contribution in [0.4, 0.5) is 5.82 Å². The number of amides is 1. The van der Waals surface area contributed by atoms with E-state index in [9.17, 15) is 4.79 Å². The van der Waals surface area contributed by atoms with Crippen molar-refractivity contribution in [2.75, 3.05) is 5.32 Å². The Labute approximate surface area is 149 Å². The zero-order valence-electron chi connectivity index (χ0n) is 13.9. The smallest absolute Gasteiger partial charge is 0.295 e. The Kier molecular flexibility index (Phi) is 3.35. The van der Waals surface area contributed by atoms with Crippen molar-refractivity contribution in [2.24, 2.45) is 0 Å². The molecule has 4 aromatic rings. The van der Waals surface area contributed by atoms with E-state index >= 15 is 0 Å². The lowest BCUT2D eigenvalue weighted by Crippen LogP contribution is -2.13. The average molecular weight is 344 g/mol. The summed E-state index contributed by atoms with van der Waals surface area (Å²) in [5, 5.41) is 6.96. The molecule has 6 heteroatoms. The van der Waals surface area contributed by atoms with Gasteiger partial charge in [0.1, 0.15) is 17.2 Å². The van der Waals surface area contributed by atoms with Crippen molar-refractivity contribution in [1.82, 2.24) is 14.5 Å². The Morgan fingerprint density at radius 1 is 1.12 bits per heavy atom. The molecule has 0 unspecified atom stereocenters. The van der Waals surface area contributed by atoms with E-state index in [-0.39, 0.29) is 11.7 Å². The number of nitrogens with zero attached hydrogens (tertiary/aromatic N) is 3. The molecule has 5 rings (SSSR count). The van der Waals surface area contributed by atoms with Crippen LogP contribution < -0.4 is 5.32 Å². The molecule has 6 nitrogen and oxygen atoms in total. The van der Waals surface area contributed by atoms with Crippen LogP contribution in [0.2, 0.25) is 0 Å². The van der Waals surface area contributed by atoms with Crippen molar-refractivity contribution < 1.29 is 9.32 Å². The first-order valence-electron chi connectivity index (χ1n) is 8.60. The molecule has 26 heavy (non-hydrogen) atoms. The van der Waals surface area contributed by atoms with Gasteiger partial charge < -0.3 is 9.84 Å². The summed E-state index contributed by atoms with van der Waals surface area (Å²) in [5.41, 5.74) is 3.27. The third kappa shape index (κ3) is 2.56. The first kappa shape index (κ1) is 14.9. The SMILES string of the molecule is O=C(Nc1c(-c2ccccc2)nc2ccccn12)c1cc(C2CC2)no1. The number of pyridine rings is 1. The fourth-order valence-electron chi connectivity index (χ4n) is 3.05. The molecule has 1 N–H and O–H groups in total. The van der Waals surface area contributed by atoms with E-state index in [1.54, 1.807) is 6.07 Å². The van der Waals surface area contributed by atoms with Crippen LogP contribution in [0.15, 0.2) is 65.3 Å². The van der Waals surface area contributed by atoms with Crippen molar-refractivity contribution in [3.8, 4) is 11.3 Å². The highest BCUT2D eigenvalue weighted by atomic mass is 16.5. The summed E-state index contributed by atoms with van der Waals surface area (Å²) >= 11 is 0. The van der Waals surface area contributed by atoms with E-state index < -0.39 is 0 Å². The van der Waals surface area contributed by atoms with Crippen molar-refractivity contribution in [3.63, 3.8) is 0 Å². The van der Waals surface area contributed by atoms with Crippen LogP contribution in [-0.4, -0.2) is 20.4 Å². The first-order valence-corrected chi connectivity index (χ1v) is 8.60. The molecule has 3 aromatic heterocycles. The maximum Gasteiger partial charge on any atom is 0.295 e. The van der Waals surface area contributed by atoms with Crippen LogP contribution in [0.25, 0.3) is 16.9 Å². The third-order valence-corrected chi connectivity index (χ3v) is 4.56. The highest BCUT2D eigenvalue weighted by Gasteiger charge is 2.28. The molecule has 0 bridgehead atoms. The standard InChI is InChI=1S/C20H16N4O2/c25-20(16-12-15(23-26-16)13-9-10-13)22-19-18(14-6-2-1-3-7-14)21-17-8-4-5-11-24(17)19/h1-8,11-13H,9-10H2,(H,22,25). The van der Waals surface area contributed by atoms with Crippen molar-refractivity contribution >= 4 is 17.4 Å².